The fourth-order valence-electron chi connectivity index (χ4n) is 2.26. The smallest absolute Gasteiger partial charge is 0.485 e. The minimum Gasteiger partial charge on any atom is -0.741 e. The molecular weight excluding hydrogens is 403 g/mol. The number of hydrogen-bond donors (Lipinski definition) is 0. The van der Waals surface area contributed by atoms with Crippen molar-refractivity contribution in [1.82, 2.24) is 0 Å². The van der Waals surface area contributed by atoms with E-state index in [1.54, 1.807) is 4.90 Å². The maximum atomic E-state index is 10.7. The van der Waals surface area contributed by atoms with E-state index < -0.39 is 23.9 Å². The molecule has 1 heterocycles. The lowest BCUT2D eigenvalue weighted by Crippen LogP contribution is -2.43. The van der Waals surface area contributed by atoms with E-state index in [4.69, 9.17) is 22.3 Å². The van der Waals surface area contributed by atoms with E-state index in [-0.39, 0.29) is 5.60 Å². The summed E-state index contributed by atoms with van der Waals surface area (Å²) in [5.74, 6) is 0.335. The summed E-state index contributed by atoms with van der Waals surface area (Å²) in [5.41, 5.74) is -4.55. The van der Waals surface area contributed by atoms with E-state index in [0.29, 0.717) is 5.92 Å². The Morgan fingerprint density at radius 2 is 1.70 bits per heavy atom. The van der Waals surface area contributed by atoms with Crippen molar-refractivity contribution in [3.05, 3.63) is 35.9 Å². The van der Waals surface area contributed by atoms with Gasteiger partial charge in [-0.3, -0.25) is 0 Å². The number of hydrogen-bond acceptors (Lipinski definition) is 5. The molecule has 1 aliphatic heterocycles. The Morgan fingerprint density at radius 3 is 2.11 bits per heavy atom. The van der Waals surface area contributed by atoms with E-state index in [1.165, 1.54) is 5.56 Å². The maximum Gasteiger partial charge on any atom is 0.485 e. The fraction of sp³-hybridized carbons (Fsp3) is 0.562. The third kappa shape index (κ3) is 8.31. The monoisotopic (exact) mass is 427 g/mol. The van der Waals surface area contributed by atoms with Gasteiger partial charge in [-0.05, 0) is 39.1 Å². The normalized spacial score (nSPS) is 19.9. The Balaban J connectivity index is 0.000000387. The van der Waals surface area contributed by atoms with Crippen LogP contribution in [0.1, 0.15) is 31.7 Å². The summed E-state index contributed by atoms with van der Waals surface area (Å²) in [7, 11) is -7.76. The predicted octanol–water partition coefficient (Wildman–Crippen LogP) is 3.79. The highest BCUT2D eigenvalue weighted by Crippen LogP contribution is 2.31. The molecule has 0 fully saturated rings. The van der Waals surface area contributed by atoms with Gasteiger partial charge in [0.1, 0.15) is 0 Å². The molecule has 1 atom stereocenters. The molecular formula is C16H24F3NO5SSi. The molecule has 27 heavy (non-hydrogen) atoms. The molecule has 1 unspecified atom stereocenters. The molecule has 6 nitrogen and oxygen atoms in total. The number of nitrogens with zero attached hydrogens (tertiary/aromatic N) is 1. The van der Waals surface area contributed by atoms with Gasteiger partial charge < -0.3 is 9.08 Å². The van der Waals surface area contributed by atoms with Gasteiger partial charge >= 0.3 is 13.8 Å². The molecule has 0 amide bonds. The van der Waals surface area contributed by atoms with Gasteiger partial charge in [0, 0.05) is 6.42 Å². The van der Waals surface area contributed by atoms with Gasteiger partial charge in [-0.15, -0.1) is 0 Å². The van der Waals surface area contributed by atoms with Gasteiger partial charge in [0.2, 0.25) is 0 Å². The molecule has 1 aromatic rings. The molecule has 11 heteroatoms. The standard InChI is InChI=1S/C15H24NO2Si.CHF3O3S/c1-15(2)11-14(13-9-7-6-8-10-13)12-16(17-15)18-19(3,4)5;2-1(3,4)8(5,6)7/h6-10,12,14H,11H2,1-5H3;(H,5,6,7)/q+1;/p-1. The van der Waals surface area contributed by atoms with Crippen molar-refractivity contribution in [2.24, 2.45) is 0 Å². The Hall–Kier alpha value is -1.59. The van der Waals surface area contributed by atoms with Gasteiger partial charge in [0.15, 0.2) is 20.6 Å². The van der Waals surface area contributed by atoms with Crippen molar-refractivity contribution >= 4 is 24.7 Å². The predicted molar refractivity (Wildman–Crippen MR) is 95.5 cm³/mol. The molecule has 0 spiro atoms. The van der Waals surface area contributed by atoms with Crippen LogP contribution in [0.4, 0.5) is 13.2 Å². The highest BCUT2D eigenvalue weighted by molar-refractivity contribution is 7.86. The molecule has 0 saturated heterocycles. The van der Waals surface area contributed by atoms with Crippen molar-refractivity contribution in [3.8, 4) is 0 Å². The highest BCUT2D eigenvalue weighted by Gasteiger charge is 2.40. The number of halogens is 3. The van der Waals surface area contributed by atoms with Gasteiger partial charge in [-0.2, -0.15) is 13.2 Å². The lowest BCUT2D eigenvalue weighted by atomic mass is 9.88. The zero-order chi connectivity index (χ0) is 21.1. The van der Waals surface area contributed by atoms with Crippen LogP contribution in [0.25, 0.3) is 0 Å². The molecule has 1 aromatic carbocycles. The third-order valence-corrected chi connectivity index (χ3v) is 4.52. The molecule has 0 aromatic heterocycles. The van der Waals surface area contributed by atoms with Gasteiger partial charge in [-0.1, -0.05) is 30.3 Å². The molecule has 1 aliphatic rings. The average molecular weight is 428 g/mol. The van der Waals surface area contributed by atoms with E-state index in [0.717, 1.165) is 6.42 Å². The van der Waals surface area contributed by atoms with Crippen molar-refractivity contribution in [3.63, 3.8) is 0 Å². The van der Waals surface area contributed by atoms with Crippen LogP contribution in [0.15, 0.2) is 30.3 Å². The summed E-state index contributed by atoms with van der Waals surface area (Å²) >= 11 is 0. The largest absolute Gasteiger partial charge is 0.741 e. The zero-order valence-electron chi connectivity index (χ0n) is 15.8. The summed E-state index contributed by atoms with van der Waals surface area (Å²) in [6.45, 7) is 10.7. The number of benzene rings is 1. The number of rotatable bonds is 3. The van der Waals surface area contributed by atoms with Crippen LogP contribution in [0.5, 0.6) is 0 Å². The Morgan fingerprint density at radius 1 is 1.22 bits per heavy atom. The van der Waals surface area contributed by atoms with Crippen LogP contribution in [-0.2, 0) is 19.5 Å². The van der Waals surface area contributed by atoms with E-state index >= 15 is 0 Å². The Labute approximate surface area is 158 Å². The highest BCUT2D eigenvalue weighted by atomic mass is 32.2. The zero-order valence-corrected chi connectivity index (χ0v) is 17.6. The SMILES string of the molecule is CC1(C)CC(c2ccccc2)C=[N+](O[Si](C)(C)C)O1.O=S(=O)([O-])C(F)(F)F. The van der Waals surface area contributed by atoms with Gasteiger partial charge in [-0.25, -0.2) is 13.3 Å². The first-order chi connectivity index (χ1) is 12.0. The summed E-state index contributed by atoms with van der Waals surface area (Å²) in [5, 5.41) is 0. The lowest BCUT2D eigenvalue weighted by molar-refractivity contribution is -0.959. The molecule has 0 aliphatic carbocycles. The summed E-state index contributed by atoms with van der Waals surface area (Å²) < 4.78 is 64.9. The van der Waals surface area contributed by atoms with E-state index in [9.17, 15) is 13.2 Å². The first-order valence-electron chi connectivity index (χ1n) is 8.10. The van der Waals surface area contributed by atoms with Crippen molar-refractivity contribution in [2.45, 2.75) is 56.9 Å². The van der Waals surface area contributed by atoms with Crippen LogP contribution in [0.2, 0.25) is 19.6 Å². The van der Waals surface area contributed by atoms with Crippen LogP contribution in [0, 0.1) is 0 Å². The second-order valence-electron chi connectivity index (χ2n) is 7.61. The summed E-state index contributed by atoms with van der Waals surface area (Å²) in [4.78, 5) is 7.50. The second-order valence-corrected chi connectivity index (χ2v) is 13.4. The minimum absolute atomic E-state index is 0.213. The topological polar surface area (TPSA) is 78.7 Å². The number of alkyl halides is 3. The van der Waals surface area contributed by atoms with Crippen molar-refractivity contribution in [1.29, 1.82) is 0 Å². The molecule has 2 rings (SSSR count). The van der Waals surface area contributed by atoms with Crippen LogP contribution >= 0.6 is 0 Å². The second kappa shape index (κ2) is 8.19. The van der Waals surface area contributed by atoms with Crippen molar-refractivity contribution in [2.75, 3.05) is 0 Å². The van der Waals surface area contributed by atoms with Gasteiger partial charge in [0.25, 0.3) is 6.21 Å². The molecule has 154 valence electrons. The first kappa shape index (κ1) is 23.4. The minimum atomic E-state index is -6.09. The summed E-state index contributed by atoms with van der Waals surface area (Å²) in [6, 6.07) is 10.5. The van der Waals surface area contributed by atoms with E-state index in [1.807, 2.05) is 6.07 Å². The van der Waals surface area contributed by atoms with Crippen molar-refractivity contribution < 1.29 is 40.4 Å². The van der Waals surface area contributed by atoms with Crippen LogP contribution in [0.3, 0.4) is 0 Å². The first-order valence-corrected chi connectivity index (χ1v) is 12.9. The molecule has 0 bridgehead atoms. The van der Waals surface area contributed by atoms with Gasteiger partial charge in [0.05, 0.1) is 5.92 Å². The third-order valence-electron chi connectivity index (χ3n) is 3.23. The van der Waals surface area contributed by atoms with Crippen LogP contribution in [-0.4, -0.2) is 43.5 Å². The summed E-state index contributed by atoms with van der Waals surface area (Å²) in [6.07, 6.45) is 3.02. The maximum absolute atomic E-state index is 10.7. The van der Waals surface area contributed by atoms with E-state index in [2.05, 4.69) is 64.0 Å². The Bertz CT molecular complexity index is 759. The fourth-order valence-corrected chi connectivity index (χ4v) is 2.90. The quantitative estimate of drug-likeness (QED) is 0.417. The average Bonchev–Trinajstić information content (AvgIpc) is 2.43. The molecule has 0 radical (unpaired) electrons. The Kier molecular flexibility index (Phi) is 7.11. The molecule has 0 N–H and O–H groups in total. The lowest BCUT2D eigenvalue weighted by Gasteiger charge is -2.28. The molecule has 0 saturated carbocycles. The van der Waals surface area contributed by atoms with Crippen LogP contribution < -0.4 is 0 Å².